The molecule has 0 amide bonds. The normalized spacial score (nSPS) is 10.2. The molecule has 0 bridgehead atoms. The van der Waals surface area contributed by atoms with E-state index in [1.54, 1.807) is 6.07 Å². The Hall–Kier alpha value is -1.42. The van der Waals surface area contributed by atoms with Gasteiger partial charge in [-0.25, -0.2) is 9.97 Å². The summed E-state index contributed by atoms with van der Waals surface area (Å²) in [5.74, 6) is 0.511. The highest BCUT2D eigenvalue weighted by Crippen LogP contribution is 2.13. The number of hydrogen-bond donors (Lipinski definition) is 1. The van der Waals surface area contributed by atoms with Crippen LogP contribution in [0.4, 0.5) is 5.82 Å². The molecule has 1 heterocycles. The van der Waals surface area contributed by atoms with Crippen molar-refractivity contribution in [3.8, 4) is 0 Å². The fourth-order valence-corrected chi connectivity index (χ4v) is 1.59. The van der Waals surface area contributed by atoms with Crippen LogP contribution in [0.25, 0.3) is 0 Å². The van der Waals surface area contributed by atoms with Gasteiger partial charge in [0.1, 0.15) is 12.1 Å². The highest BCUT2D eigenvalue weighted by Gasteiger charge is 1.98. The van der Waals surface area contributed by atoms with Gasteiger partial charge in [0.25, 0.3) is 0 Å². The lowest BCUT2D eigenvalue weighted by molar-refractivity contribution is 1.03. The van der Waals surface area contributed by atoms with Crippen molar-refractivity contribution in [2.45, 2.75) is 6.42 Å². The molecule has 0 saturated carbocycles. The molecule has 0 saturated heterocycles. The van der Waals surface area contributed by atoms with Crippen LogP contribution in [0.15, 0.2) is 41.1 Å². The molecule has 0 aliphatic carbocycles. The first-order valence-corrected chi connectivity index (χ1v) is 5.34. The van der Waals surface area contributed by atoms with Crippen LogP contribution in [0.2, 0.25) is 0 Å². The van der Waals surface area contributed by atoms with Crippen molar-refractivity contribution >= 4 is 21.7 Å². The van der Waals surface area contributed by atoms with Crippen LogP contribution in [0.3, 0.4) is 0 Å². The lowest BCUT2D eigenvalue weighted by Crippen LogP contribution is -1.96. The smallest absolute Gasteiger partial charge is 0.127 e. The lowest BCUT2D eigenvalue weighted by Gasteiger charge is -2.01. The van der Waals surface area contributed by atoms with Gasteiger partial charge >= 0.3 is 0 Å². The van der Waals surface area contributed by atoms with Gasteiger partial charge in [0.15, 0.2) is 0 Å². The fourth-order valence-electron chi connectivity index (χ4n) is 1.32. The first-order chi connectivity index (χ1) is 7.24. The number of nitrogens with two attached hydrogens (primary N) is 1. The molecule has 4 heteroatoms. The first-order valence-electron chi connectivity index (χ1n) is 4.55. The summed E-state index contributed by atoms with van der Waals surface area (Å²) in [5.41, 5.74) is 7.72. The van der Waals surface area contributed by atoms with Gasteiger partial charge in [0.05, 0.1) is 5.69 Å². The van der Waals surface area contributed by atoms with Crippen LogP contribution in [0.1, 0.15) is 11.3 Å². The number of hydrogen-bond acceptors (Lipinski definition) is 3. The second-order valence-corrected chi connectivity index (χ2v) is 4.15. The number of halogens is 1. The Balaban J connectivity index is 2.18. The van der Waals surface area contributed by atoms with Crippen molar-refractivity contribution in [2.24, 2.45) is 0 Å². The van der Waals surface area contributed by atoms with E-state index in [1.807, 2.05) is 12.1 Å². The van der Waals surface area contributed by atoms with E-state index in [4.69, 9.17) is 5.73 Å². The molecule has 0 fully saturated rings. The Bertz CT molecular complexity index is 454. The number of nitrogens with zero attached hydrogens (tertiary/aromatic N) is 2. The van der Waals surface area contributed by atoms with Crippen LogP contribution >= 0.6 is 15.9 Å². The highest BCUT2D eigenvalue weighted by molar-refractivity contribution is 9.10. The van der Waals surface area contributed by atoms with Gasteiger partial charge in [-0.15, -0.1) is 0 Å². The molecule has 0 aliphatic rings. The predicted octanol–water partition coefficient (Wildman–Crippen LogP) is 2.41. The summed E-state index contributed by atoms with van der Waals surface area (Å²) in [4.78, 5) is 8.01. The third kappa shape index (κ3) is 2.76. The molecule has 0 atom stereocenters. The molecule has 1 aromatic heterocycles. The highest BCUT2D eigenvalue weighted by atomic mass is 79.9. The minimum Gasteiger partial charge on any atom is -0.384 e. The van der Waals surface area contributed by atoms with E-state index < -0.39 is 0 Å². The summed E-state index contributed by atoms with van der Waals surface area (Å²) >= 11 is 3.40. The maximum absolute atomic E-state index is 5.58. The molecule has 0 spiro atoms. The van der Waals surface area contributed by atoms with E-state index in [0.717, 1.165) is 16.6 Å². The minimum absolute atomic E-state index is 0.511. The molecule has 1 aromatic carbocycles. The van der Waals surface area contributed by atoms with E-state index in [2.05, 4.69) is 38.0 Å². The molecule has 15 heavy (non-hydrogen) atoms. The van der Waals surface area contributed by atoms with Crippen LogP contribution in [0, 0.1) is 0 Å². The summed E-state index contributed by atoms with van der Waals surface area (Å²) < 4.78 is 1.08. The Morgan fingerprint density at radius 2 is 1.87 bits per heavy atom. The number of benzene rings is 1. The van der Waals surface area contributed by atoms with Crippen LogP contribution in [-0.2, 0) is 6.42 Å². The van der Waals surface area contributed by atoms with Gasteiger partial charge in [0.2, 0.25) is 0 Å². The van der Waals surface area contributed by atoms with Crippen molar-refractivity contribution in [1.82, 2.24) is 9.97 Å². The molecule has 0 radical (unpaired) electrons. The summed E-state index contributed by atoms with van der Waals surface area (Å²) in [6.45, 7) is 0. The SMILES string of the molecule is Nc1cc(Cc2ccc(Br)cc2)ncn1. The maximum atomic E-state index is 5.58. The zero-order valence-corrected chi connectivity index (χ0v) is 9.61. The molecular weight excluding hydrogens is 254 g/mol. The van der Waals surface area contributed by atoms with Gasteiger partial charge in [-0.05, 0) is 17.7 Å². The van der Waals surface area contributed by atoms with Crippen molar-refractivity contribution in [3.63, 3.8) is 0 Å². The number of aromatic nitrogens is 2. The van der Waals surface area contributed by atoms with E-state index in [1.165, 1.54) is 11.9 Å². The molecule has 0 aliphatic heterocycles. The molecule has 76 valence electrons. The minimum atomic E-state index is 0.511. The molecule has 0 unspecified atom stereocenters. The summed E-state index contributed by atoms with van der Waals surface area (Å²) in [7, 11) is 0. The second kappa shape index (κ2) is 4.40. The van der Waals surface area contributed by atoms with Crippen molar-refractivity contribution in [1.29, 1.82) is 0 Å². The first kappa shape index (κ1) is 10.1. The quantitative estimate of drug-likeness (QED) is 0.906. The summed E-state index contributed by atoms with van der Waals surface area (Å²) in [6.07, 6.45) is 2.27. The molecule has 3 nitrogen and oxygen atoms in total. The summed E-state index contributed by atoms with van der Waals surface area (Å²) in [5, 5.41) is 0. The number of anilines is 1. The number of rotatable bonds is 2. The summed E-state index contributed by atoms with van der Waals surface area (Å²) in [6, 6.07) is 9.94. The maximum Gasteiger partial charge on any atom is 0.127 e. The fraction of sp³-hybridized carbons (Fsp3) is 0.0909. The lowest BCUT2D eigenvalue weighted by atomic mass is 10.1. The van der Waals surface area contributed by atoms with Gasteiger partial charge in [-0.3, -0.25) is 0 Å². The average molecular weight is 264 g/mol. The van der Waals surface area contributed by atoms with Gasteiger partial charge < -0.3 is 5.73 Å². The van der Waals surface area contributed by atoms with Crippen LogP contribution < -0.4 is 5.73 Å². The molecule has 2 rings (SSSR count). The Morgan fingerprint density at radius 3 is 2.53 bits per heavy atom. The van der Waals surface area contributed by atoms with E-state index in [9.17, 15) is 0 Å². The largest absolute Gasteiger partial charge is 0.384 e. The Labute approximate surface area is 96.5 Å². The van der Waals surface area contributed by atoms with Gasteiger partial charge in [-0.2, -0.15) is 0 Å². The van der Waals surface area contributed by atoms with Crippen molar-refractivity contribution in [2.75, 3.05) is 5.73 Å². The molecule has 2 N–H and O–H groups in total. The van der Waals surface area contributed by atoms with Crippen LogP contribution in [0.5, 0.6) is 0 Å². The van der Waals surface area contributed by atoms with Crippen molar-refractivity contribution < 1.29 is 0 Å². The standard InChI is InChI=1S/C11H10BrN3/c12-9-3-1-8(2-4-9)5-10-6-11(13)15-7-14-10/h1-4,6-7H,5H2,(H2,13,14,15). The number of nitrogen functional groups attached to an aromatic ring is 1. The zero-order chi connectivity index (χ0) is 10.7. The topological polar surface area (TPSA) is 51.8 Å². The Morgan fingerprint density at radius 1 is 1.13 bits per heavy atom. The van der Waals surface area contributed by atoms with E-state index in [-0.39, 0.29) is 0 Å². The van der Waals surface area contributed by atoms with Gasteiger partial charge in [-0.1, -0.05) is 28.1 Å². The second-order valence-electron chi connectivity index (χ2n) is 3.24. The third-order valence-corrected chi connectivity index (χ3v) is 2.57. The predicted molar refractivity (Wildman–Crippen MR) is 63.4 cm³/mol. The van der Waals surface area contributed by atoms with E-state index >= 15 is 0 Å². The molecule has 2 aromatic rings. The average Bonchev–Trinajstić information content (AvgIpc) is 2.22. The Kier molecular flexibility index (Phi) is 2.97. The monoisotopic (exact) mass is 263 g/mol. The third-order valence-electron chi connectivity index (χ3n) is 2.04. The van der Waals surface area contributed by atoms with Crippen LogP contribution in [-0.4, -0.2) is 9.97 Å². The van der Waals surface area contributed by atoms with Gasteiger partial charge in [0, 0.05) is 17.0 Å². The zero-order valence-electron chi connectivity index (χ0n) is 8.02. The van der Waals surface area contributed by atoms with Crippen molar-refractivity contribution in [3.05, 3.63) is 52.4 Å². The molecular formula is C11H10BrN3. The van der Waals surface area contributed by atoms with E-state index in [0.29, 0.717) is 5.82 Å².